The fourth-order valence-electron chi connectivity index (χ4n) is 3.69. The van der Waals surface area contributed by atoms with Crippen molar-refractivity contribution < 1.29 is 26.9 Å². The van der Waals surface area contributed by atoms with Crippen molar-refractivity contribution in [1.29, 1.82) is 0 Å². The minimum atomic E-state index is -4.23. The molecule has 2 aliphatic heterocycles. The number of rotatable bonds is 4. The number of sulfonamides is 1. The van der Waals surface area contributed by atoms with Crippen molar-refractivity contribution in [3.63, 3.8) is 0 Å². The largest absolute Gasteiger partial charge is 0.338 e. The van der Waals surface area contributed by atoms with E-state index >= 15 is 0 Å². The van der Waals surface area contributed by atoms with E-state index in [1.807, 2.05) is 11.8 Å². The number of hydrogen-bond acceptors (Lipinski definition) is 3. The van der Waals surface area contributed by atoms with Gasteiger partial charge >= 0.3 is 0 Å². The number of piperazine rings is 1. The van der Waals surface area contributed by atoms with E-state index in [0.29, 0.717) is 13.1 Å². The van der Waals surface area contributed by atoms with Gasteiger partial charge in [0.05, 0.1) is 26.2 Å². The summed E-state index contributed by atoms with van der Waals surface area (Å²) in [6.45, 7) is 4.53. The van der Waals surface area contributed by atoms with Crippen LogP contribution in [-0.4, -0.2) is 68.8 Å². The molecule has 0 aromatic heterocycles. The number of likely N-dealkylation sites (tertiary alicyclic amines) is 1. The first-order valence-corrected chi connectivity index (χ1v) is 10.3. The number of carbonyl (C=O) groups is 1. The van der Waals surface area contributed by atoms with Crippen molar-refractivity contribution in [3.05, 3.63) is 29.8 Å². The molecule has 0 aliphatic carbocycles. The normalized spacial score (nSPS) is 21.1. The van der Waals surface area contributed by atoms with Crippen LogP contribution in [0.2, 0.25) is 0 Å². The maximum atomic E-state index is 13.9. The molecule has 0 bridgehead atoms. The number of quaternary nitrogens is 1. The molecule has 1 N–H and O–H groups in total. The van der Waals surface area contributed by atoms with Crippen LogP contribution in [-0.2, 0) is 14.8 Å². The predicted octanol–water partition coefficient (Wildman–Crippen LogP) is -0.135. The lowest BCUT2D eigenvalue weighted by Gasteiger charge is -2.35. The summed E-state index contributed by atoms with van der Waals surface area (Å²) in [4.78, 5) is 14.5. The Labute approximate surface area is 152 Å². The molecule has 0 unspecified atom stereocenters. The number of nitrogens with zero attached hydrogens (tertiary/aromatic N) is 2. The second-order valence-electron chi connectivity index (χ2n) is 6.87. The van der Waals surface area contributed by atoms with Crippen molar-refractivity contribution in [2.75, 3.05) is 39.3 Å². The number of benzene rings is 1. The molecule has 3 rings (SSSR count). The molecular weight excluding hydrogens is 364 g/mol. The third-order valence-corrected chi connectivity index (χ3v) is 7.23. The molecule has 2 saturated heterocycles. The highest BCUT2D eigenvalue weighted by Gasteiger charge is 2.38. The van der Waals surface area contributed by atoms with Crippen molar-refractivity contribution in [2.24, 2.45) is 0 Å². The number of carbonyl (C=O) groups excluding carboxylic acids is 1. The van der Waals surface area contributed by atoms with E-state index in [0.717, 1.165) is 53.3 Å². The highest BCUT2D eigenvalue weighted by Crippen LogP contribution is 2.22. The highest BCUT2D eigenvalue weighted by atomic mass is 32.2. The van der Waals surface area contributed by atoms with Crippen LogP contribution in [0.1, 0.15) is 19.8 Å². The summed E-state index contributed by atoms with van der Waals surface area (Å²) in [7, 11) is -4.23. The Bertz CT molecular complexity index is 753. The third kappa shape index (κ3) is 3.60. The molecule has 1 aromatic carbocycles. The molecule has 0 spiro atoms. The molecule has 0 saturated carbocycles. The minimum Gasteiger partial charge on any atom is -0.338 e. The van der Waals surface area contributed by atoms with E-state index in [1.165, 1.54) is 0 Å². The van der Waals surface area contributed by atoms with Crippen LogP contribution in [0, 0.1) is 11.6 Å². The maximum Gasteiger partial charge on any atom is 0.280 e. The van der Waals surface area contributed by atoms with Crippen LogP contribution in [0.3, 0.4) is 0 Å². The molecule has 0 radical (unpaired) electrons. The average Bonchev–Trinajstić information content (AvgIpc) is 3.15. The summed E-state index contributed by atoms with van der Waals surface area (Å²) in [5.74, 6) is -2.08. The van der Waals surface area contributed by atoms with Gasteiger partial charge in [0.25, 0.3) is 5.91 Å². The van der Waals surface area contributed by atoms with Crippen LogP contribution < -0.4 is 4.90 Å². The lowest BCUT2D eigenvalue weighted by atomic mass is 10.2. The van der Waals surface area contributed by atoms with Crippen molar-refractivity contribution in [1.82, 2.24) is 9.21 Å². The zero-order chi connectivity index (χ0) is 18.9. The zero-order valence-electron chi connectivity index (χ0n) is 14.7. The Morgan fingerprint density at radius 1 is 1.08 bits per heavy atom. The fourth-order valence-corrected chi connectivity index (χ4v) is 5.24. The molecule has 1 atom stereocenters. The summed E-state index contributed by atoms with van der Waals surface area (Å²) >= 11 is 0. The number of amides is 1. The van der Waals surface area contributed by atoms with Gasteiger partial charge < -0.3 is 9.80 Å². The van der Waals surface area contributed by atoms with E-state index in [1.54, 1.807) is 0 Å². The molecule has 26 heavy (non-hydrogen) atoms. The monoisotopic (exact) mass is 388 g/mol. The Hall–Kier alpha value is -1.58. The van der Waals surface area contributed by atoms with Gasteiger partial charge in [-0.1, -0.05) is 6.07 Å². The van der Waals surface area contributed by atoms with Gasteiger partial charge in [-0.05, 0) is 31.9 Å². The van der Waals surface area contributed by atoms with Crippen LogP contribution >= 0.6 is 0 Å². The van der Waals surface area contributed by atoms with Gasteiger partial charge in [-0.3, -0.25) is 4.79 Å². The average molecular weight is 388 g/mol. The van der Waals surface area contributed by atoms with Gasteiger partial charge in [0.15, 0.2) is 10.9 Å². The van der Waals surface area contributed by atoms with Crippen molar-refractivity contribution >= 4 is 15.9 Å². The van der Waals surface area contributed by atoms with E-state index in [9.17, 15) is 22.0 Å². The molecule has 144 valence electrons. The van der Waals surface area contributed by atoms with Crippen LogP contribution in [0.5, 0.6) is 0 Å². The number of nitrogens with one attached hydrogen (secondary N) is 1. The van der Waals surface area contributed by atoms with Crippen molar-refractivity contribution in [2.45, 2.75) is 30.7 Å². The molecule has 1 amide bonds. The van der Waals surface area contributed by atoms with Gasteiger partial charge in [0.1, 0.15) is 11.6 Å². The Kier molecular flexibility index (Phi) is 5.59. The summed E-state index contributed by atoms with van der Waals surface area (Å²) in [6.07, 6.45) is 2.04. The maximum absolute atomic E-state index is 13.9. The fraction of sp³-hybridized carbons (Fsp3) is 0.588. The lowest BCUT2D eigenvalue weighted by Crippen LogP contribution is -3.19. The first kappa shape index (κ1) is 19.2. The first-order chi connectivity index (χ1) is 12.3. The lowest BCUT2D eigenvalue weighted by molar-refractivity contribution is -0.918. The number of hydrogen-bond donors (Lipinski definition) is 1. The zero-order valence-corrected chi connectivity index (χ0v) is 15.6. The van der Waals surface area contributed by atoms with E-state index in [4.69, 9.17) is 0 Å². The Morgan fingerprint density at radius 3 is 2.15 bits per heavy atom. The molecule has 2 heterocycles. The van der Waals surface area contributed by atoms with Crippen LogP contribution in [0.4, 0.5) is 8.78 Å². The summed E-state index contributed by atoms with van der Waals surface area (Å²) in [5, 5.41) is 0. The molecule has 2 fully saturated rings. The molecule has 6 nitrogen and oxygen atoms in total. The Balaban J connectivity index is 1.67. The summed E-state index contributed by atoms with van der Waals surface area (Å²) in [6, 6.07) is 2.77. The topological polar surface area (TPSA) is 62.1 Å². The van der Waals surface area contributed by atoms with E-state index in [2.05, 4.69) is 0 Å². The standard InChI is InChI=1S/C17H23F2N3O3S/c1-13(17(23)21-7-2-3-8-21)20-9-11-22(12-10-20)26(24,25)16-14(18)5-4-6-15(16)19/h4-6,13H,2-3,7-12H2,1H3/p+1/t13-/m0/s1. The van der Waals surface area contributed by atoms with Crippen LogP contribution in [0.15, 0.2) is 23.1 Å². The number of halogens is 2. The second-order valence-corrected chi connectivity index (χ2v) is 8.74. The van der Waals surface area contributed by atoms with Gasteiger partial charge in [-0.15, -0.1) is 0 Å². The third-order valence-electron chi connectivity index (χ3n) is 5.28. The van der Waals surface area contributed by atoms with Gasteiger partial charge in [0, 0.05) is 13.1 Å². The van der Waals surface area contributed by atoms with Gasteiger partial charge in [0.2, 0.25) is 10.0 Å². The molecule has 1 aromatic rings. The van der Waals surface area contributed by atoms with Gasteiger partial charge in [-0.2, -0.15) is 4.31 Å². The summed E-state index contributed by atoms with van der Waals surface area (Å²) in [5.41, 5.74) is 0. The van der Waals surface area contributed by atoms with Crippen LogP contribution in [0.25, 0.3) is 0 Å². The smallest absolute Gasteiger partial charge is 0.280 e. The molecular formula is C17H24F2N3O3S+. The van der Waals surface area contributed by atoms with E-state index < -0.39 is 26.6 Å². The minimum absolute atomic E-state index is 0.0916. The predicted molar refractivity (Wildman–Crippen MR) is 91.1 cm³/mol. The quantitative estimate of drug-likeness (QED) is 0.782. The highest BCUT2D eigenvalue weighted by molar-refractivity contribution is 7.89. The summed E-state index contributed by atoms with van der Waals surface area (Å²) < 4.78 is 54.1. The van der Waals surface area contributed by atoms with Crippen molar-refractivity contribution in [3.8, 4) is 0 Å². The SMILES string of the molecule is C[C@@H](C(=O)N1CCCC1)[NH+]1CCN(S(=O)(=O)c2c(F)cccc2F)CC1. The van der Waals surface area contributed by atoms with Gasteiger partial charge in [-0.25, -0.2) is 17.2 Å². The second kappa shape index (κ2) is 7.58. The Morgan fingerprint density at radius 2 is 1.62 bits per heavy atom. The molecule has 2 aliphatic rings. The molecule has 9 heteroatoms. The van der Waals surface area contributed by atoms with E-state index in [-0.39, 0.29) is 25.0 Å². The first-order valence-electron chi connectivity index (χ1n) is 8.90.